The first-order chi connectivity index (χ1) is 8.31. The molecule has 0 radical (unpaired) electrons. The highest BCUT2D eigenvalue weighted by Gasteiger charge is 2.34. The first kappa shape index (κ1) is 14.5. The van der Waals surface area contributed by atoms with Crippen molar-refractivity contribution in [2.24, 2.45) is 0 Å². The third-order valence-electron chi connectivity index (χ3n) is 1.98. The number of nitrogens with one attached hydrogen (secondary N) is 1. The first-order valence-corrected chi connectivity index (χ1v) is 5.82. The number of hydrogen-bond donors (Lipinski definition) is 1. The van der Waals surface area contributed by atoms with Crippen molar-refractivity contribution in [1.29, 1.82) is 0 Å². The van der Waals surface area contributed by atoms with Gasteiger partial charge in [-0.2, -0.15) is 13.2 Å². The Morgan fingerprint density at radius 2 is 2.17 bits per heavy atom. The molecular formula is C12H10F3NOS. The van der Waals surface area contributed by atoms with Gasteiger partial charge in [0, 0.05) is 11.3 Å². The molecule has 18 heavy (non-hydrogen) atoms. The van der Waals surface area contributed by atoms with Crippen LogP contribution in [0.1, 0.15) is 12.5 Å². The minimum Gasteiger partial charge on any atom is -0.325 e. The van der Waals surface area contributed by atoms with E-state index in [9.17, 15) is 18.0 Å². The summed E-state index contributed by atoms with van der Waals surface area (Å²) < 4.78 is 36.2. The van der Waals surface area contributed by atoms with Crippen LogP contribution in [-0.2, 0) is 4.79 Å². The number of benzene rings is 1. The molecule has 1 aromatic rings. The van der Waals surface area contributed by atoms with E-state index >= 15 is 0 Å². The molecule has 1 amide bonds. The average molecular weight is 273 g/mol. The maximum atomic E-state index is 12.1. The molecule has 0 aliphatic heterocycles. The summed E-state index contributed by atoms with van der Waals surface area (Å²) in [6.45, 7) is 1.19. The zero-order valence-electron chi connectivity index (χ0n) is 9.41. The van der Waals surface area contributed by atoms with Crippen molar-refractivity contribution in [2.75, 3.05) is 5.32 Å². The van der Waals surface area contributed by atoms with Crippen LogP contribution in [0.25, 0.3) is 0 Å². The van der Waals surface area contributed by atoms with Crippen LogP contribution in [-0.4, -0.2) is 16.7 Å². The van der Waals surface area contributed by atoms with Crippen LogP contribution in [0.2, 0.25) is 0 Å². The van der Waals surface area contributed by atoms with E-state index in [2.05, 4.69) is 11.2 Å². The topological polar surface area (TPSA) is 29.1 Å². The molecule has 1 rings (SSSR count). The second kappa shape index (κ2) is 5.83. The summed E-state index contributed by atoms with van der Waals surface area (Å²) in [5.74, 6) is 1.66. The summed E-state index contributed by atoms with van der Waals surface area (Å²) in [4.78, 5) is 11.5. The van der Waals surface area contributed by atoms with E-state index < -0.39 is 16.7 Å². The molecule has 0 saturated heterocycles. The Bertz CT molecular complexity index is 479. The lowest BCUT2D eigenvalue weighted by molar-refractivity contribution is -0.115. The van der Waals surface area contributed by atoms with E-state index in [1.54, 1.807) is 18.2 Å². The number of carbonyl (C=O) groups is 1. The highest BCUT2D eigenvalue weighted by Crippen LogP contribution is 2.34. The number of carbonyl (C=O) groups excluding carboxylic acids is 1. The molecule has 0 aromatic heterocycles. The number of alkyl halides is 3. The highest BCUT2D eigenvalue weighted by molar-refractivity contribution is 8.01. The van der Waals surface area contributed by atoms with E-state index in [1.165, 1.54) is 13.0 Å². The maximum Gasteiger partial charge on any atom is 0.442 e. The van der Waals surface area contributed by atoms with E-state index in [4.69, 9.17) is 6.42 Å². The third-order valence-corrected chi connectivity index (χ3v) is 2.81. The molecule has 6 heteroatoms. The van der Waals surface area contributed by atoms with Gasteiger partial charge in [-0.1, -0.05) is 12.0 Å². The van der Waals surface area contributed by atoms with Gasteiger partial charge in [0.05, 0.1) is 5.25 Å². The normalized spacial score (nSPS) is 12.6. The smallest absolute Gasteiger partial charge is 0.325 e. The van der Waals surface area contributed by atoms with Gasteiger partial charge in [0.15, 0.2) is 0 Å². The molecule has 1 N–H and O–H groups in total. The van der Waals surface area contributed by atoms with Crippen LogP contribution in [0, 0.1) is 12.3 Å². The molecule has 96 valence electrons. The summed E-state index contributed by atoms with van der Waals surface area (Å²) >= 11 is -0.358. The number of terminal acetylenes is 1. The van der Waals surface area contributed by atoms with Crippen molar-refractivity contribution in [1.82, 2.24) is 0 Å². The number of rotatable bonds is 3. The molecule has 0 aliphatic carbocycles. The van der Waals surface area contributed by atoms with Crippen molar-refractivity contribution in [3.8, 4) is 12.3 Å². The molecule has 0 saturated carbocycles. The SMILES string of the molecule is C#Cc1cccc(NC(=O)[C@@H](C)SC(F)(F)F)c1. The predicted molar refractivity (Wildman–Crippen MR) is 66.1 cm³/mol. The molecule has 1 aromatic carbocycles. The number of thioether (sulfide) groups is 1. The van der Waals surface area contributed by atoms with Crippen molar-refractivity contribution in [3.05, 3.63) is 29.8 Å². The lowest BCUT2D eigenvalue weighted by Crippen LogP contribution is -2.25. The van der Waals surface area contributed by atoms with Crippen LogP contribution in [0.3, 0.4) is 0 Å². The third kappa shape index (κ3) is 4.72. The fourth-order valence-corrected chi connectivity index (χ4v) is 1.75. The van der Waals surface area contributed by atoms with Gasteiger partial charge in [0.2, 0.25) is 5.91 Å². The Labute approximate surface area is 107 Å². The minimum atomic E-state index is -4.43. The fourth-order valence-electron chi connectivity index (χ4n) is 1.18. The summed E-state index contributed by atoms with van der Waals surface area (Å²) in [6.07, 6.45) is 5.18. The van der Waals surface area contributed by atoms with Gasteiger partial charge in [0.25, 0.3) is 0 Å². The van der Waals surface area contributed by atoms with Crippen molar-refractivity contribution in [2.45, 2.75) is 17.7 Å². The van der Waals surface area contributed by atoms with Crippen molar-refractivity contribution < 1.29 is 18.0 Å². The van der Waals surface area contributed by atoms with Gasteiger partial charge in [-0.05, 0) is 36.9 Å². The maximum absolute atomic E-state index is 12.1. The summed E-state index contributed by atoms with van der Waals surface area (Å²) in [5, 5.41) is 1.16. The van der Waals surface area contributed by atoms with E-state index in [1.807, 2.05) is 0 Å². The monoisotopic (exact) mass is 273 g/mol. The van der Waals surface area contributed by atoms with Gasteiger partial charge in [-0.3, -0.25) is 4.79 Å². The van der Waals surface area contributed by atoms with Gasteiger partial charge in [-0.25, -0.2) is 0 Å². The van der Waals surface area contributed by atoms with E-state index in [0.717, 1.165) is 0 Å². The van der Waals surface area contributed by atoms with Gasteiger partial charge < -0.3 is 5.32 Å². The number of halogens is 3. The molecular weight excluding hydrogens is 263 g/mol. The lowest BCUT2D eigenvalue weighted by atomic mass is 10.2. The standard InChI is InChI=1S/C12H10F3NOS/c1-3-9-5-4-6-10(7-9)16-11(17)8(2)18-12(13,14)15/h1,4-8H,2H3,(H,16,17)/t8-/m1/s1. The zero-order chi connectivity index (χ0) is 13.8. The molecule has 0 spiro atoms. The van der Waals surface area contributed by atoms with Crippen LogP contribution < -0.4 is 5.32 Å². The minimum absolute atomic E-state index is 0.358. The average Bonchev–Trinajstić information content (AvgIpc) is 2.27. The van der Waals surface area contributed by atoms with Gasteiger partial charge in [0.1, 0.15) is 0 Å². The summed E-state index contributed by atoms with van der Waals surface area (Å²) in [6, 6.07) is 6.35. The van der Waals surface area contributed by atoms with Crippen LogP contribution in [0.15, 0.2) is 24.3 Å². The van der Waals surface area contributed by atoms with Crippen LogP contribution in [0.5, 0.6) is 0 Å². The number of anilines is 1. The van der Waals surface area contributed by atoms with Crippen molar-refractivity contribution >= 4 is 23.4 Å². The highest BCUT2D eigenvalue weighted by atomic mass is 32.2. The van der Waals surface area contributed by atoms with Gasteiger partial charge >= 0.3 is 5.51 Å². The molecule has 1 atom stereocenters. The Kier molecular flexibility index (Phi) is 4.68. The predicted octanol–water partition coefficient (Wildman–Crippen LogP) is 3.25. The first-order valence-electron chi connectivity index (χ1n) is 4.94. The molecule has 0 bridgehead atoms. The quantitative estimate of drug-likeness (QED) is 0.856. The molecule has 0 fully saturated rings. The molecule has 2 nitrogen and oxygen atoms in total. The Hall–Kier alpha value is -1.61. The van der Waals surface area contributed by atoms with Gasteiger partial charge in [-0.15, -0.1) is 6.42 Å². The van der Waals surface area contributed by atoms with Crippen LogP contribution >= 0.6 is 11.8 Å². The van der Waals surface area contributed by atoms with E-state index in [0.29, 0.717) is 11.3 Å². The number of amides is 1. The Morgan fingerprint density at radius 3 is 2.72 bits per heavy atom. The molecule has 0 aliphatic rings. The number of hydrogen-bond acceptors (Lipinski definition) is 2. The fraction of sp³-hybridized carbons (Fsp3) is 0.250. The van der Waals surface area contributed by atoms with Crippen molar-refractivity contribution in [3.63, 3.8) is 0 Å². The molecule has 0 heterocycles. The second-order valence-corrected chi connectivity index (χ2v) is 4.83. The largest absolute Gasteiger partial charge is 0.442 e. The Morgan fingerprint density at radius 1 is 1.50 bits per heavy atom. The second-order valence-electron chi connectivity index (χ2n) is 3.42. The zero-order valence-corrected chi connectivity index (χ0v) is 10.2. The lowest BCUT2D eigenvalue weighted by Gasteiger charge is -2.13. The summed E-state index contributed by atoms with van der Waals surface area (Å²) in [7, 11) is 0. The summed E-state index contributed by atoms with van der Waals surface area (Å²) in [5.41, 5.74) is -3.51. The van der Waals surface area contributed by atoms with Crippen LogP contribution in [0.4, 0.5) is 18.9 Å². The Balaban J connectivity index is 2.67. The molecule has 0 unspecified atom stereocenters. The van der Waals surface area contributed by atoms with E-state index in [-0.39, 0.29) is 11.8 Å².